The number of rotatable bonds is 8. The highest BCUT2D eigenvalue weighted by atomic mass is 16.5. The number of unbranched alkanes of at least 4 members (excludes halogenated alkanes) is 4. The van der Waals surface area contributed by atoms with Gasteiger partial charge in [-0.05, 0) is 39.3 Å². The molecule has 1 aliphatic heterocycles. The minimum atomic E-state index is 0.00758. The second-order valence-corrected chi connectivity index (χ2v) is 5.31. The van der Waals surface area contributed by atoms with E-state index >= 15 is 0 Å². The van der Waals surface area contributed by atoms with Gasteiger partial charge in [-0.2, -0.15) is 0 Å². The lowest BCUT2D eigenvalue weighted by molar-refractivity contribution is -0.149. The molecule has 1 heterocycles. The van der Waals surface area contributed by atoms with Crippen molar-refractivity contribution in [2.45, 2.75) is 58.8 Å². The summed E-state index contributed by atoms with van der Waals surface area (Å²) < 4.78 is 5.12. The topological polar surface area (TPSA) is 29.5 Å². The zero-order valence-electron chi connectivity index (χ0n) is 12.1. The molecule has 0 bridgehead atoms. The number of hydrogen-bond acceptors (Lipinski definition) is 3. The number of nitrogens with zero attached hydrogens (tertiary/aromatic N) is 1. The minimum Gasteiger partial charge on any atom is -0.466 e. The van der Waals surface area contributed by atoms with Crippen molar-refractivity contribution in [3.8, 4) is 0 Å². The van der Waals surface area contributed by atoms with Crippen molar-refractivity contribution in [3.63, 3.8) is 0 Å². The Morgan fingerprint density at radius 2 is 2.00 bits per heavy atom. The van der Waals surface area contributed by atoms with Crippen molar-refractivity contribution in [1.82, 2.24) is 4.90 Å². The van der Waals surface area contributed by atoms with Crippen LogP contribution in [-0.4, -0.2) is 37.1 Å². The van der Waals surface area contributed by atoms with E-state index in [1.807, 2.05) is 6.92 Å². The van der Waals surface area contributed by atoms with E-state index in [0.29, 0.717) is 6.61 Å². The average molecular weight is 255 g/mol. The van der Waals surface area contributed by atoms with Crippen LogP contribution >= 0.6 is 0 Å². The molecule has 0 spiro atoms. The van der Waals surface area contributed by atoms with E-state index in [9.17, 15) is 4.79 Å². The van der Waals surface area contributed by atoms with Crippen LogP contribution in [0.1, 0.15) is 58.8 Å². The summed E-state index contributed by atoms with van der Waals surface area (Å²) in [5.74, 6) is 0.127. The van der Waals surface area contributed by atoms with Gasteiger partial charge in [0, 0.05) is 6.54 Å². The van der Waals surface area contributed by atoms with Gasteiger partial charge in [0.05, 0.1) is 12.5 Å². The highest BCUT2D eigenvalue weighted by Gasteiger charge is 2.26. The number of carbonyl (C=O) groups excluding carboxylic acids is 1. The third-order valence-electron chi connectivity index (χ3n) is 3.70. The molecule has 0 amide bonds. The average Bonchev–Trinajstić information content (AvgIpc) is 2.39. The summed E-state index contributed by atoms with van der Waals surface area (Å²) in [6.07, 6.45) is 8.75. The van der Waals surface area contributed by atoms with Gasteiger partial charge >= 0.3 is 5.97 Å². The largest absolute Gasteiger partial charge is 0.466 e. The highest BCUT2D eigenvalue weighted by molar-refractivity contribution is 5.72. The van der Waals surface area contributed by atoms with Crippen LogP contribution in [0.15, 0.2) is 0 Å². The van der Waals surface area contributed by atoms with Gasteiger partial charge in [0.2, 0.25) is 0 Å². The smallest absolute Gasteiger partial charge is 0.310 e. The number of carbonyl (C=O) groups is 1. The molecule has 0 aromatic heterocycles. The highest BCUT2D eigenvalue weighted by Crippen LogP contribution is 2.18. The molecule has 0 saturated carbocycles. The van der Waals surface area contributed by atoms with E-state index in [2.05, 4.69) is 11.8 Å². The number of esters is 1. The lowest BCUT2D eigenvalue weighted by atomic mass is 9.98. The molecule has 3 heteroatoms. The van der Waals surface area contributed by atoms with Crippen LogP contribution in [-0.2, 0) is 9.53 Å². The molecule has 0 aromatic carbocycles. The molecule has 1 fully saturated rings. The van der Waals surface area contributed by atoms with Crippen LogP contribution < -0.4 is 0 Å². The first kappa shape index (κ1) is 15.5. The van der Waals surface area contributed by atoms with E-state index in [-0.39, 0.29) is 11.9 Å². The van der Waals surface area contributed by atoms with Gasteiger partial charge in [-0.25, -0.2) is 0 Å². The number of piperidine rings is 1. The molecule has 0 radical (unpaired) electrons. The molecule has 0 aliphatic carbocycles. The second-order valence-electron chi connectivity index (χ2n) is 5.31. The third kappa shape index (κ3) is 5.85. The maximum Gasteiger partial charge on any atom is 0.310 e. The van der Waals surface area contributed by atoms with Crippen molar-refractivity contribution in [2.75, 3.05) is 26.2 Å². The van der Waals surface area contributed by atoms with Gasteiger partial charge in [0.15, 0.2) is 0 Å². The van der Waals surface area contributed by atoms with Crippen LogP contribution in [0, 0.1) is 5.92 Å². The lowest BCUT2D eigenvalue weighted by Gasteiger charge is -2.31. The fraction of sp³-hybridized carbons (Fsp3) is 0.933. The zero-order chi connectivity index (χ0) is 13.2. The van der Waals surface area contributed by atoms with E-state index in [4.69, 9.17) is 4.74 Å². The Balaban J connectivity index is 2.16. The fourth-order valence-corrected chi connectivity index (χ4v) is 2.65. The molecule has 0 N–H and O–H groups in total. The Bertz CT molecular complexity index is 231. The number of likely N-dealkylation sites (tertiary alicyclic amines) is 1. The third-order valence-corrected chi connectivity index (χ3v) is 3.70. The quantitative estimate of drug-likeness (QED) is 0.492. The van der Waals surface area contributed by atoms with Crippen molar-refractivity contribution >= 4 is 5.97 Å². The van der Waals surface area contributed by atoms with Gasteiger partial charge in [0.1, 0.15) is 0 Å². The summed E-state index contributed by atoms with van der Waals surface area (Å²) in [6.45, 7) is 7.85. The van der Waals surface area contributed by atoms with Crippen molar-refractivity contribution in [3.05, 3.63) is 0 Å². The predicted molar refractivity (Wildman–Crippen MR) is 74.6 cm³/mol. The van der Waals surface area contributed by atoms with Crippen LogP contribution in [0.5, 0.6) is 0 Å². The van der Waals surface area contributed by atoms with Crippen LogP contribution in [0.25, 0.3) is 0 Å². The van der Waals surface area contributed by atoms with Gasteiger partial charge in [-0.15, -0.1) is 0 Å². The van der Waals surface area contributed by atoms with Crippen LogP contribution in [0.3, 0.4) is 0 Å². The standard InChI is InChI=1S/C15H29NO2/c1-3-5-6-7-8-11-16-12-9-10-14(13-16)15(17)18-4-2/h14H,3-13H2,1-2H3/t14-/m1/s1. The maximum absolute atomic E-state index is 11.7. The number of ether oxygens (including phenoxy) is 1. The SMILES string of the molecule is CCCCCCCN1CCC[C@@H](C(=O)OCC)C1. The molecule has 106 valence electrons. The second kappa shape index (κ2) is 9.37. The molecule has 3 nitrogen and oxygen atoms in total. The predicted octanol–water partition coefficient (Wildman–Crippen LogP) is 3.23. The molecule has 1 rings (SSSR count). The first-order valence-corrected chi connectivity index (χ1v) is 7.66. The summed E-state index contributed by atoms with van der Waals surface area (Å²) >= 11 is 0. The molecular weight excluding hydrogens is 226 g/mol. The summed E-state index contributed by atoms with van der Waals surface area (Å²) in [6, 6.07) is 0. The lowest BCUT2D eigenvalue weighted by Crippen LogP contribution is -2.39. The monoisotopic (exact) mass is 255 g/mol. The molecule has 1 aliphatic rings. The van der Waals surface area contributed by atoms with Crippen LogP contribution in [0.2, 0.25) is 0 Å². The maximum atomic E-state index is 11.7. The molecule has 0 aromatic rings. The Labute approximate surface area is 112 Å². The zero-order valence-corrected chi connectivity index (χ0v) is 12.1. The van der Waals surface area contributed by atoms with Crippen LogP contribution in [0.4, 0.5) is 0 Å². The molecule has 18 heavy (non-hydrogen) atoms. The Hall–Kier alpha value is -0.570. The van der Waals surface area contributed by atoms with Gasteiger partial charge in [-0.1, -0.05) is 32.6 Å². The summed E-state index contributed by atoms with van der Waals surface area (Å²) in [5, 5.41) is 0. The summed E-state index contributed by atoms with van der Waals surface area (Å²) in [4.78, 5) is 14.2. The summed E-state index contributed by atoms with van der Waals surface area (Å²) in [7, 11) is 0. The first-order valence-electron chi connectivity index (χ1n) is 7.66. The molecule has 0 unspecified atom stereocenters. The molecule has 1 atom stereocenters. The van der Waals surface area contributed by atoms with Crippen molar-refractivity contribution in [1.29, 1.82) is 0 Å². The summed E-state index contributed by atoms with van der Waals surface area (Å²) in [5.41, 5.74) is 0. The van der Waals surface area contributed by atoms with Gasteiger partial charge < -0.3 is 9.64 Å². The minimum absolute atomic E-state index is 0.00758. The Morgan fingerprint density at radius 1 is 1.22 bits per heavy atom. The Morgan fingerprint density at radius 3 is 2.72 bits per heavy atom. The normalized spacial score (nSPS) is 20.9. The number of hydrogen-bond donors (Lipinski definition) is 0. The van der Waals surface area contributed by atoms with Gasteiger partial charge in [-0.3, -0.25) is 4.79 Å². The fourth-order valence-electron chi connectivity index (χ4n) is 2.65. The molecular formula is C15H29NO2. The molecule has 1 saturated heterocycles. The van der Waals surface area contributed by atoms with E-state index in [1.54, 1.807) is 0 Å². The van der Waals surface area contributed by atoms with E-state index < -0.39 is 0 Å². The van der Waals surface area contributed by atoms with E-state index in [1.165, 1.54) is 32.1 Å². The van der Waals surface area contributed by atoms with Gasteiger partial charge in [0.25, 0.3) is 0 Å². The van der Waals surface area contributed by atoms with Crippen molar-refractivity contribution < 1.29 is 9.53 Å². The first-order chi connectivity index (χ1) is 8.77. The van der Waals surface area contributed by atoms with E-state index in [0.717, 1.165) is 32.5 Å². The van der Waals surface area contributed by atoms with Crippen molar-refractivity contribution in [2.24, 2.45) is 5.92 Å². The Kier molecular flexibility index (Phi) is 8.06.